The first kappa shape index (κ1) is 16.4. The third kappa shape index (κ3) is 10.9. The molecule has 0 atom stereocenters. The third-order valence-corrected chi connectivity index (χ3v) is 1.75. The van der Waals surface area contributed by atoms with Crippen LogP contribution in [-0.4, -0.2) is 17.4 Å². The van der Waals surface area contributed by atoms with E-state index in [1.54, 1.807) is 20.8 Å². The molecule has 0 aliphatic heterocycles. The first-order valence-electron chi connectivity index (χ1n) is 5.93. The molecule has 3 nitrogen and oxygen atoms in total. The van der Waals surface area contributed by atoms with Gasteiger partial charge in [-0.25, -0.2) is 0 Å². The van der Waals surface area contributed by atoms with Gasteiger partial charge < -0.3 is 4.74 Å². The molecule has 0 amide bonds. The van der Waals surface area contributed by atoms with Gasteiger partial charge in [0.05, 0.1) is 0 Å². The predicted molar refractivity (Wildman–Crippen MR) is 72.3 cm³/mol. The number of hydrogen-bond acceptors (Lipinski definition) is 3. The fraction of sp³-hybridized carbons (Fsp3) is 0.467. The van der Waals surface area contributed by atoms with Crippen LogP contribution in [0.15, 0.2) is 30.3 Å². The van der Waals surface area contributed by atoms with Crippen LogP contribution in [0.4, 0.5) is 0 Å². The number of rotatable bonds is 2. The zero-order chi connectivity index (χ0) is 14.2. The normalized spacial score (nSPS) is 10.1. The van der Waals surface area contributed by atoms with Gasteiger partial charge in [0.15, 0.2) is 0 Å². The summed E-state index contributed by atoms with van der Waals surface area (Å²) in [6.07, 6.45) is -0.128. The van der Waals surface area contributed by atoms with Gasteiger partial charge in [-0.15, -0.1) is 0 Å². The highest BCUT2D eigenvalue weighted by molar-refractivity contribution is 5.94. The number of hydrogen-bond donors (Lipinski definition) is 0. The van der Waals surface area contributed by atoms with E-state index in [9.17, 15) is 9.59 Å². The molecular weight excluding hydrogens is 228 g/mol. The van der Waals surface area contributed by atoms with Gasteiger partial charge in [-0.1, -0.05) is 35.9 Å². The smallest absolute Gasteiger partial charge is 0.313 e. The van der Waals surface area contributed by atoms with Gasteiger partial charge in [0, 0.05) is 0 Å². The van der Waals surface area contributed by atoms with Crippen LogP contribution in [0.25, 0.3) is 0 Å². The Morgan fingerprint density at radius 3 is 1.89 bits per heavy atom. The molecule has 100 valence electrons. The van der Waals surface area contributed by atoms with Crippen molar-refractivity contribution in [1.82, 2.24) is 0 Å². The van der Waals surface area contributed by atoms with Crippen LogP contribution in [0.2, 0.25) is 0 Å². The maximum atomic E-state index is 10.8. The second-order valence-electron chi connectivity index (χ2n) is 5.12. The van der Waals surface area contributed by atoms with Crippen LogP contribution in [-0.2, 0) is 14.3 Å². The molecule has 0 aliphatic rings. The average Bonchev–Trinajstić information content (AvgIpc) is 2.14. The van der Waals surface area contributed by atoms with E-state index in [4.69, 9.17) is 4.74 Å². The zero-order valence-corrected chi connectivity index (χ0v) is 11.8. The Hall–Kier alpha value is -1.64. The molecule has 0 fully saturated rings. The molecule has 3 heteroatoms. The van der Waals surface area contributed by atoms with Crippen LogP contribution in [0.1, 0.15) is 39.7 Å². The summed E-state index contributed by atoms with van der Waals surface area (Å²) in [6, 6.07) is 10.3. The van der Waals surface area contributed by atoms with E-state index in [2.05, 4.69) is 19.1 Å². The number of esters is 1. The van der Waals surface area contributed by atoms with Crippen LogP contribution in [0.5, 0.6) is 0 Å². The van der Waals surface area contributed by atoms with Gasteiger partial charge in [0.25, 0.3) is 0 Å². The highest BCUT2D eigenvalue weighted by Gasteiger charge is 2.16. The molecule has 0 unspecified atom stereocenters. The summed E-state index contributed by atoms with van der Waals surface area (Å²) in [5, 5.41) is 0. The standard InChI is InChI=1S/C8H14O3.C7H8/c1-6(9)5-7(10)11-8(2,3)4;1-7-5-3-2-4-6-7/h5H2,1-4H3;2-6H,1H3. The zero-order valence-electron chi connectivity index (χ0n) is 11.8. The number of carbonyl (C=O) groups is 2. The lowest BCUT2D eigenvalue weighted by atomic mass is 10.2. The monoisotopic (exact) mass is 250 g/mol. The van der Waals surface area contributed by atoms with Crippen molar-refractivity contribution in [2.24, 2.45) is 0 Å². The summed E-state index contributed by atoms with van der Waals surface area (Å²) in [5.74, 6) is -0.621. The molecule has 1 rings (SSSR count). The Morgan fingerprint density at radius 1 is 1.11 bits per heavy atom. The highest BCUT2D eigenvalue weighted by atomic mass is 16.6. The van der Waals surface area contributed by atoms with Crippen molar-refractivity contribution in [2.45, 2.75) is 46.6 Å². The lowest BCUT2D eigenvalue weighted by Crippen LogP contribution is -2.24. The second kappa shape index (κ2) is 7.64. The third-order valence-electron chi connectivity index (χ3n) is 1.75. The molecule has 1 aromatic rings. The van der Waals surface area contributed by atoms with Gasteiger partial charge in [-0.3, -0.25) is 9.59 Å². The van der Waals surface area contributed by atoms with E-state index in [1.807, 2.05) is 18.2 Å². The van der Waals surface area contributed by atoms with Gasteiger partial charge in [0.2, 0.25) is 0 Å². The first-order chi connectivity index (χ1) is 8.20. The van der Waals surface area contributed by atoms with E-state index in [0.717, 1.165) is 0 Å². The van der Waals surface area contributed by atoms with Crippen LogP contribution >= 0.6 is 0 Å². The summed E-state index contributed by atoms with van der Waals surface area (Å²) in [4.78, 5) is 21.3. The molecule has 0 aromatic heterocycles. The minimum Gasteiger partial charge on any atom is -0.460 e. The summed E-state index contributed by atoms with van der Waals surface area (Å²) in [5.41, 5.74) is 0.828. The SMILES string of the molecule is CC(=O)CC(=O)OC(C)(C)C.Cc1ccccc1. The Labute approximate surface area is 109 Å². The van der Waals surface area contributed by atoms with Gasteiger partial charge >= 0.3 is 5.97 Å². The van der Waals surface area contributed by atoms with Crippen LogP contribution in [0, 0.1) is 6.92 Å². The van der Waals surface area contributed by atoms with E-state index >= 15 is 0 Å². The number of aryl methyl sites for hydroxylation is 1. The Morgan fingerprint density at radius 2 is 1.61 bits per heavy atom. The average molecular weight is 250 g/mol. The molecule has 0 bridgehead atoms. The maximum absolute atomic E-state index is 10.8. The quantitative estimate of drug-likeness (QED) is 0.597. The van der Waals surface area contributed by atoms with E-state index in [1.165, 1.54) is 12.5 Å². The molecular formula is C15H22O3. The van der Waals surface area contributed by atoms with Gasteiger partial charge in [-0.2, -0.15) is 0 Å². The van der Waals surface area contributed by atoms with Crippen molar-refractivity contribution < 1.29 is 14.3 Å². The molecule has 0 saturated carbocycles. The number of carbonyl (C=O) groups excluding carboxylic acids is 2. The van der Waals surface area contributed by atoms with Crippen molar-refractivity contribution in [3.63, 3.8) is 0 Å². The van der Waals surface area contributed by atoms with E-state index in [0.29, 0.717) is 0 Å². The van der Waals surface area contributed by atoms with Gasteiger partial charge in [-0.05, 0) is 34.6 Å². The Kier molecular flexibility index (Phi) is 6.94. The fourth-order valence-corrected chi connectivity index (χ4v) is 1.12. The van der Waals surface area contributed by atoms with Crippen molar-refractivity contribution >= 4 is 11.8 Å². The first-order valence-corrected chi connectivity index (χ1v) is 5.93. The van der Waals surface area contributed by atoms with Crippen LogP contribution < -0.4 is 0 Å². The summed E-state index contributed by atoms with van der Waals surface area (Å²) in [7, 11) is 0. The highest BCUT2D eigenvalue weighted by Crippen LogP contribution is 2.07. The molecule has 0 saturated heterocycles. The van der Waals surface area contributed by atoms with Crippen molar-refractivity contribution in [1.29, 1.82) is 0 Å². The molecule has 0 radical (unpaired) electrons. The molecule has 0 N–H and O–H groups in total. The van der Waals surface area contributed by atoms with E-state index in [-0.39, 0.29) is 12.2 Å². The minimum atomic E-state index is -0.494. The number of ketones is 1. The summed E-state index contributed by atoms with van der Waals surface area (Å²) in [6.45, 7) is 8.75. The molecule has 0 spiro atoms. The topological polar surface area (TPSA) is 43.4 Å². The molecule has 18 heavy (non-hydrogen) atoms. The van der Waals surface area contributed by atoms with E-state index < -0.39 is 11.6 Å². The lowest BCUT2D eigenvalue weighted by molar-refractivity contribution is -0.155. The fourth-order valence-electron chi connectivity index (χ4n) is 1.12. The number of benzene rings is 1. The predicted octanol–water partition coefficient (Wildman–Crippen LogP) is 3.30. The summed E-state index contributed by atoms with van der Waals surface area (Å²) >= 11 is 0. The van der Waals surface area contributed by atoms with Crippen LogP contribution in [0.3, 0.4) is 0 Å². The molecule has 1 aromatic carbocycles. The molecule has 0 aliphatic carbocycles. The lowest BCUT2D eigenvalue weighted by Gasteiger charge is -2.18. The van der Waals surface area contributed by atoms with Gasteiger partial charge in [0.1, 0.15) is 17.8 Å². The minimum absolute atomic E-state index is 0.128. The van der Waals surface area contributed by atoms with Crippen molar-refractivity contribution in [3.05, 3.63) is 35.9 Å². The second-order valence-corrected chi connectivity index (χ2v) is 5.12. The number of Topliss-reactive ketones (excluding diaryl/α,β-unsaturated/α-hetero) is 1. The Bertz CT molecular complexity index is 374. The van der Waals surface area contributed by atoms with Crippen molar-refractivity contribution in [3.8, 4) is 0 Å². The number of ether oxygens (including phenoxy) is 1. The van der Waals surface area contributed by atoms with Crippen molar-refractivity contribution in [2.75, 3.05) is 0 Å². The Balaban J connectivity index is 0.000000351. The summed E-state index contributed by atoms with van der Waals surface area (Å²) < 4.78 is 4.89. The largest absolute Gasteiger partial charge is 0.460 e. The molecule has 0 heterocycles. The maximum Gasteiger partial charge on any atom is 0.313 e.